The van der Waals surface area contributed by atoms with Crippen LogP contribution in [0.25, 0.3) is 11.0 Å². The molecule has 1 N–H and O–H groups in total. The topological polar surface area (TPSA) is 81.2 Å². The summed E-state index contributed by atoms with van der Waals surface area (Å²) in [6.07, 6.45) is 1.60. The Kier molecular flexibility index (Phi) is 4.80. The molecule has 2 heterocycles. The number of nitrogens with zero attached hydrogens (tertiary/aromatic N) is 2. The predicted octanol–water partition coefficient (Wildman–Crippen LogP) is 3.63. The Bertz CT molecular complexity index is 1060. The molecular formula is C20H21N3O3S. The van der Waals surface area contributed by atoms with E-state index in [-0.39, 0.29) is 10.8 Å². The van der Waals surface area contributed by atoms with Crippen LogP contribution in [-0.4, -0.2) is 31.6 Å². The lowest BCUT2D eigenvalue weighted by molar-refractivity contribution is 0.0846. The van der Waals surface area contributed by atoms with E-state index >= 15 is 0 Å². The van der Waals surface area contributed by atoms with Crippen molar-refractivity contribution >= 4 is 26.9 Å². The van der Waals surface area contributed by atoms with Crippen LogP contribution in [0.15, 0.2) is 53.4 Å². The monoisotopic (exact) mass is 383 g/mol. The van der Waals surface area contributed by atoms with Crippen molar-refractivity contribution in [2.45, 2.75) is 30.6 Å². The van der Waals surface area contributed by atoms with Crippen LogP contribution >= 0.6 is 0 Å². The molecule has 1 fully saturated rings. The average molecular weight is 383 g/mol. The first-order chi connectivity index (χ1) is 13.0. The number of aryl methyl sites for hydroxylation is 1. The number of hydrogen-bond acceptors (Lipinski definition) is 5. The molecule has 0 radical (unpaired) electrons. The molecule has 140 valence electrons. The Morgan fingerprint density at radius 1 is 0.963 bits per heavy atom. The summed E-state index contributed by atoms with van der Waals surface area (Å²) in [6.45, 7) is 3.20. The summed E-state index contributed by atoms with van der Waals surface area (Å²) in [6, 6.07) is 14.2. The van der Waals surface area contributed by atoms with Crippen molar-refractivity contribution in [3.63, 3.8) is 0 Å². The third-order valence-electron chi connectivity index (χ3n) is 4.77. The van der Waals surface area contributed by atoms with Crippen molar-refractivity contribution < 1.29 is 13.2 Å². The number of para-hydroxylation sites is 2. The molecule has 0 atom stereocenters. The molecule has 2 aromatic carbocycles. The van der Waals surface area contributed by atoms with E-state index in [1.165, 1.54) is 0 Å². The molecule has 0 amide bonds. The number of anilines is 1. The zero-order chi connectivity index (χ0) is 18.9. The quantitative estimate of drug-likeness (QED) is 0.744. The lowest BCUT2D eigenvalue weighted by Gasteiger charge is -2.23. The van der Waals surface area contributed by atoms with Crippen LogP contribution in [0.2, 0.25) is 0 Å². The van der Waals surface area contributed by atoms with Crippen molar-refractivity contribution in [3.8, 4) is 0 Å². The molecule has 0 spiro atoms. The van der Waals surface area contributed by atoms with E-state index < -0.39 is 10.0 Å². The van der Waals surface area contributed by atoms with Gasteiger partial charge in [-0.25, -0.2) is 18.4 Å². The zero-order valence-corrected chi connectivity index (χ0v) is 15.9. The van der Waals surface area contributed by atoms with Crippen molar-refractivity contribution in [1.82, 2.24) is 9.97 Å². The van der Waals surface area contributed by atoms with Crippen LogP contribution in [0.4, 0.5) is 5.82 Å². The van der Waals surface area contributed by atoms with Gasteiger partial charge in [0.2, 0.25) is 0 Å². The first-order valence-electron chi connectivity index (χ1n) is 8.97. The third kappa shape index (κ3) is 3.79. The van der Waals surface area contributed by atoms with Gasteiger partial charge in [0.1, 0.15) is 0 Å². The van der Waals surface area contributed by atoms with Gasteiger partial charge >= 0.3 is 0 Å². The smallest absolute Gasteiger partial charge is 0.263 e. The number of fused-ring (bicyclic) bond motifs is 1. The van der Waals surface area contributed by atoms with Gasteiger partial charge in [-0.1, -0.05) is 29.8 Å². The molecule has 4 rings (SSSR count). The summed E-state index contributed by atoms with van der Waals surface area (Å²) < 4.78 is 33.9. The van der Waals surface area contributed by atoms with Crippen LogP contribution in [0.5, 0.6) is 0 Å². The van der Waals surface area contributed by atoms with Crippen LogP contribution in [0, 0.1) is 6.92 Å². The molecule has 1 aliphatic rings. The first-order valence-corrected chi connectivity index (χ1v) is 10.5. The number of nitrogens with one attached hydrogen (secondary N) is 1. The number of rotatable bonds is 4. The number of sulfonamides is 1. The van der Waals surface area contributed by atoms with Crippen LogP contribution < -0.4 is 4.72 Å². The van der Waals surface area contributed by atoms with E-state index in [9.17, 15) is 8.42 Å². The number of hydrogen-bond donors (Lipinski definition) is 1. The Hall–Kier alpha value is -2.51. The summed E-state index contributed by atoms with van der Waals surface area (Å²) in [5.74, 6) is 0.424. The Labute approximate surface area is 158 Å². The molecule has 3 aromatic rings. The second-order valence-electron chi connectivity index (χ2n) is 6.75. The highest BCUT2D eigenvalue weighted by Crippen LogP contribution is 2.32. The number of aromatic nitrogens is 2. The van der Waals surface area contributed by atoms with Gasteiger partial charge in [-0.05, 0) is 44.0 Å². The maximum Gasteiger partial charge on any atom is 0.263 e. The average Bonchev–Trinajstić information content (AvgIpc) is 2.68. The Morgan fingerprint density at radius 2 is 1.59 bits per heavy atom. The minimum Gasteiger partial charge on any atom is -0.381 e. The van der Waals surface area contributed by atoms with E-state index in [4.69, 9.17) is 9.72 Å². The van der Waals surface area contributed by atoms with E-state index in [0.717, 1.165) is 23.9 Å². The van der Waals surface area contributed by atoms with E-state index in [1.807, 2.05) is 31.2 Å². The highest BCUT2D eigenvalue weighted by Gasteiger charge is 2.25. The van der Waals surface area contributed by atoms with Crippen molar-refractivity contribution in [2.75, 3.05) is 17.9 Å². The van der Waals surface area contributed by atoms with Gasteiger partial charge in [0.15, 0.2) is 5.82 Å². The molecule has 0 saturated carbocycles. The van der Waals surface area contributed by atoms with Crippen molar-refractivity contribution in [1.29, 1.82) is 0 Å². The molecule has 0 bridgehead atoms. The van der Waals surface area contributed by atoms with Gasteiger partial charge in [-0.3, -0.25) is 4.72 Å². The predicted molar refractivity (Wildman–Crippen MR) is 104 cm³/mol. The number of benzene rings is 2. The molecule has 1 aliphatic heterocycles. The van der Waals surface area contributed by atoms with Crippen LogP contribution in [-0.2, 0) is 14.8 Å². The molecule has 7 heteroatoms. The normalized spacial score (nSPS) is 15.7. The van der Waals surface area contributed by atoms with Crippen LogP contribution in [0.1, 0.15) is 30.0 Å². The fourth-order valence-corrected chi connectivity index (χ4v) is 4.27. The SMILES string of the molecule is Cc1ccc(S(=O)(=O)Nc2nc3ccccc3nc2C2CCOCC2)cc1. The fourth-order valence-electron chi connectivity index (χ4n) is 3.25. The fraction of sp³-hybridized carbons (Fsp3) is 0.300. The second-order valence-corrected chi connectivity index (χ2v) is 8.43. The number of ether oxygens (including phenoxy) is 1. The first kappa shape index (κ1) is 17.9. The molecule has 0 aliphatic carbocycles. The minimum atomic E-state index is -3.74. The molecule has 1 saturated heterocycles. The highest BCUT2D eigenvalue weighted by atomic mass is 32.2. The van der Waals surface area contributed by atoms with Crippen LogP contribution in [0.3, 0.4) is 0 Å². The van der Waals surface area contributed by atoms with Gasteiger partial charge in [-0.2, -0.15) is 0 Å². The molecular weight excluding hydrogens is 362 g/mol. The Morgan fingerprint density at radius 3 is 2.26 bits per heavy atom. The second kappa shape index (κ2) is 7.25. The Balaban J connectivity index is 1.77. The zero-order valence-electron chi connectivity index (χ0n) is 15.1. The maximum absolute atomic E-state index is 12.9. The van der Waals surface area contributed by atoms with Gasteiger partial charge in [0, 0.05) is 19.1 Å². The van der Waals surface area contributed by atoms with E-state index in [1.54, 1.807) is 24.3 Å². The lowest BCUT2D eigenvalue weighted by Crippen LogP contribution is -2.20. The molecule has 27 heavy (non-hydrogen) atoms. The van der Waals surface area contributed by atoms with Gasteiger partial charge < -0.3 is 4.74 Å². The minimum absolute atomic E-state index is 0.117. The largest absolute Gasteiger partial charge is 0.381 e. The van der Waals surface area contributed by atoms with Crippen molar-refractivity contribution in [2.24, 2.45) is 0 Å². The van der Waals surface area contributed by atoms with Gasteiger partial charge in [0.05, 0.1) is 21.6 Å². The molecule has 0 unspecified atom stereocenters. The maximum atomic E-state index is 12.9. The molecule has 1 aromatic heterocycles. The van der Waals surface area contributed by atoms with E-state index in [2.05, 4.69) is 9.71 Å². The summed E-state index contributed by atoms with van der Waals surface area (Å²) in [5, 5.41) is 0. The summed E-state index contributed by atoms with van der Waals surface area (Å²) in [7, 11) is -3.74. The summed E-state index contributed by atoms with van der Waals surface area (Å²) >= 11 is 0. The lowest BCUT2D eigenvalue weighted by atomic mass is 9.96. The molecule has 6 nitrogen and oxygen atoms in total. The van der Waals surface area contributed by atoms with E-state index in [0.29, 0.717) is 30.2 Å². The third-order valence-corrected chi connectivity index (χ3v) is 6.12. The van der Waals surface area contributed by atoms with Gasteiger partial charge in [0.25, 0.3) is 10.0 Å². The summed E-state index contributed by atoms with van der Waals surface area (Å²) in [4.78, 5) is 9.54. The van der Waals surface area contributed by atoms with Gasteiger partial charge in [-0.15, -0.1) is 0 Å². The highest BCUT2D eigenvalue weighted by molar-refractivity contribution is 7.92. The van der Waals surface area contributed by atoms with Crippen molar-refractivity contribution in [3.05, 3.63) is 59.8 Å². The summed E-state index contributed by atoms with van der Waals surface area (Å²) in [5.41, 5.74) is 3.11. The standard InChI is InChI=1S/C20H21N3O3S/c1-14-6-8-16(9-7-14)27(24,25)23-20-19(15-10-12-26-13-11-15)21-17-4-2-3-5-18(17)22-20/h2-9,15H,10-13H2,1H3,(H,22,23).